The molecule has 0 aromatic heterocycles. The van der Waals surface area contributed by atoms with Crippen LogP contribution in [0.2, 0.25) is 0 Å². The average molecular weight is 148 g/mol. The van der Waals surface area contributed by atoms with E-state index < -0.39 is 12.1 Å². The lowest BCUT2D eigenvalue weighted by molar-refractivity contribution is -0.192. The van der Waals surface area contributed by atoms with Crippen molar-refractivity contribution in [3.05, 3.63) is 0 Å². The molecule has 6 heteroatoms. The number of aliphatic carboxylic acids is 1. The van der Waals surface area contributed by atoms with Crippen molar-refractivity contribution in [2.24, 2.45) is 0 Å². The number of alkyl halides is 3. The van der Waals surface area contributed by atoms with Crippen molar-refractivity contribution in [2.75, 3.05) is 0 Å². The summed E-state index contributed by atoms with van der Waals surface area (Å²) in [6, 6.07) is 0. The molecule has 0 saturated heterocycles. The number of hydrogen-bond donors (Lipinski definition) is 1. The molecule has 0 aliphatic heterocycles. The molecular formula is C2H4F3O2P. The minimum Gasteiger partial charge on any atom is -0.475 e. The summed E-state index contributed by atoms with van der Waals surface area (Å²) in [4.78, 5) is 8.90. The largest absolute Gasteiger partial charge is 0.490 e. The Morgan fingerprint density at radius 1 is 1.38 bits per heavy atom. The predicted octanol–water partition coefficient (Wildman–Crippen LogP) is 0.691. The second-order valence-corrected chi connectivity index (χ2v) is 0.803. The van der Waals surface area contributed by atoms with Gasteiger partial charge in [-0.15, -0.1) is 0 Å². The van der Waals surface area contributed by atoms with Crippen molar-refractivity contribution in [3.63, 3.8) is 0 Å². The first-order chi connectivity index (χ1) is 2.94. The summed E-state index contributed by atoms with van der Waals surface area (Å²) in [7, 11) is 0. The number of rotatable bonds is 0. The number of halogens is 3. The average Bonchev–Trinajstić information content (AvgIpc) is 1.31. The standard InChI is InChI=1S/C2HF3O2.H3P/c3-2(4,5)1(6)7;/h(H,6,7);1H3. The third-order valence-electron chi connectivity index (χ3n) is 0.243. The summed E-state index contributed by atoms with van der Waals surface area (Å²) < 4.78 is 31.7. The Labute approximate surface area is 46.3 Å². The molecule has 0 fully saturated rings. The number of hydrogen-bond acceptors (Lipinski definition) is 1. The molecule has 0 heterocycles. The maximum absolute atomic E-state index is 10.6. The number of carbonyl (C=O) groups is 1. The zero-order valence-electron chi connectivity index (χ0n) is 3.70. The van der Waals surface area contributed by atoms with E-state index in [9.17, 15) is 13.2 Å². The zero-order valence-corrected chi connectivity index (χ0v) is 5.11. The van der Waals surface area contributed by atoms with Gasteiger partial charge < -0.3 is 5.11 Å². The molecule has 0 rings (SSSR count). The van der Waals surface area contributed by atoms with Gasteiger partial charge in [0.05, 0.1) is 0 Å². The van der Waals surface area contributed by atoms with Gasteiger partial charge >= 0.3 is 12.1 Å². The van der Waals surface area contributed by atoms with Crippen LogP contribution in [-0.2, 0) is 4.79 Å². The van der Waals surface area contributed by atoms with Crippen molar-refractivity contribution < 1.29 is 23.1 Å². The van der Waals surface area contributed by atoms with Crippen LogP contribution in [0.15, 0.2) is 0 Å². The fourth-order valence-electron chi connectivity index (χ4n) is 0. The van der Waals surface area contributed by atoms with Gasteiger partial charge in [0.1, 0.15) is 0 Å². The monoisotopic (exact) mass is 148 g/mol. The van der Waals surface area contributed by atoms with Gasteiger partial charge in [-0.3, -0.25) is 0 Å². The summed E-state index contributed by atoms with van der Waals surface area (Å²) in [5, 5.41) is 7.12. The summed E-state index contributed by atoms with van der Waals surface area (Å²) in [5.74, 6) is -2.76. The van der Waals surface area contributed by atoms with E-state index in [1.54, 1.807) is 0 Å². The summed E-state index contributed by atoms with van der Waals surface area (Å²) in [6.45, 7) is 0. The molecule has 50 valence electrons. The molecule has 0 aliphatic carbocycles. The molecular weight excluding hydrogens is 144 g/mol. The Balaban J connectivity index is 0. The van der Waals surface area contributed by atoms with E-state index in [1.165, 1.54) is 0 Å². The van der Waals surface area contributed by atoms with Crippen molar-refractivity contribution in [2.45, 2.75) is 6.18 Å². The van der Waals surface area contributed by atoms with Crippen LogP contribution >= 0.6 is 9.90 Å². The van der Waals surface area contributed by atoms with E-state index >= 15 is 0 Å². The zero-order chi connectivity index (χ0) is 6.08. The van der Waals surface area contributed by atoms with Gasteiger partial charge in [0.15, 0.2) is 0 Å². The molecule has 1 unspecified atom stereocenters. The predicted molar refractivity (Wildman–Crippen MR) is 24.8 cm³/mol. The molecule has 2 nitrogen and oxygen atoms in total. The van der Waals surface area contributed by atoms with E-state index in [0.29, 0.717) is 0 Å². The first-order valence-corrected chi connectivity index (χ1v) is 1.24. The fraction of sp³-hybridized carbons (Fsp3) is 0.500. The highest BCUT2D eigenvalue weighted by atomic mass is 31.0. The van der Waals surface area contributed by atoms with E-state index in [1.807, 2.05) is 0 Å². The van der Waals surface area contributed by atoms with Crippen LogP contribution in [0.5, 0.6) is 0 Å². The molecule has 1 N–H and O–H groups in total. The quantitative estimate of drug-likeness (QED) is 0.513. The second-order valence-electron chi connectivity index (χ2n) is 0.803. The molecule has 8 heavy (non-hydrogen) atoms. The number of carboxylic acid groups (broad SMARTS) is 1. The van der Waals surface area contributed by atoms with Gasteiger partial charge in [-0.1, -0.05) is 0 Å². The Morgan fingerprint density at radius 3 is 1.50 bits per heavy atom. The molecule has 0 aromatic carbocycles. The van der Waals surface area contributed by atoms with Gasteiger partial charge in [0.2, 0.25) is 0 Å². The number of carboxylic acids is 1. The van der Waals surface area contributed by atoms with Crippen molar-refractivity contribution in [1.29, 1.82) is 0 Å². The summed E-state index contributed by atoms with van der Waals surface area (Å²) in [5.41, 5.74) is 0. The second kappa shape index (κ2) is 2.87. The lowest BCUT2D eigenvalue weighted by atomic mass is 10.7. The highest BCUT2D eigenvalue weighted by molar-refractivity contribution is 6.92. The van der Waals surface area contributed by atoms with Crippen molar-refractivity contribution >= 4 is 15.9 Å². The maximum Gasteiger partial charge on any atom is 0.490 e. The van der Waals surface area contributed by atoms with Gasteiger partial charge in [0.25, 0.3) is 0 Å². The van der Waals surface area contributed by atoms with E-state index in [-0.39, 0.29) is 9.90 Å². The van der Waals surface area contributed by atoms with Gasteiger partial charge in [-0.05, 0) is 0 Å². The minimum absolute atomic E-state index is 0. The highest BCUT2D eigenvalue weighted by Gasteiger charge is 2.38. The molecule has 0 aliphatic rings. The van der Waals surface area contributed by atoms with E-state index in [4.69, 9.17) is 9.90 Å². The lowest BCUT2D eigenvalue weighted by Crippen LogP contribution is -2.21. The molecule has 0 aromatic rings. The van der Waals surface area contributed by atoms with Crippen LogP contribution in [0.3, 0.4) is 0 Å². The first-order valence-electron chi connectivity index (χ1n) is 1.24. The van der Waals surface area contributed by atoms with Crippen LogP contribution < -0.4 is 0 Å². The third kappa shape index (κ3) is 3.87. The Kier molecular flexibility index (Phi) is 3.81. The van der Waals surface area contributed by atoms with E-state index in [0.717, 1.165) is 0 Å². The molecule has 1 atom stereocenters. The molecule has 0 saturated carbocycles. The van der Waals surface area contributed by atoms with Gasteiger partial charge in [-0.25, -0.2) is 4.79 Å². The van der Waals surface area contributed by atoms with Crippen LogP contribution in [0.25, 0.3) is 0 Å². The first kappa shape index (κ1) is 10.6. The van der Waals surface area contributed by atoms with Crippen LogP contribution in [0.4, 0.5) is 13.2 Å². The normalized spacial score (nSPS) is 9.88. The van der Waals surface area contributed by atoms with Crippen molar-refractivity contribution in [3.8, 4) is 0 Å². The van der Waals surface area contributed by atoms with Gasteiger partial charge in [0, 0.05) is 0 Å². The molecule has 0 spiro atoms. The third-order valence-corrected chi connectivity index (χ3v) is 0.243. The Bertz CT molecular complexity index is 87.8. The Morgan fingerprint density at radius 2 is 1.50 bits per heavy atom. The smallest absolute Gasteiger partial charge is 0.475 e. The molecule has 0 radical (unpaired) electrons. The maximum atomic E-state index is 10.6. The van der Waals surface area contributed by atoms with Crippen molar-refractivity contribution in [1.82, 2.24) is 0 Å². The SMILES string of the molecule is O=C(O)C(F)(F)F.P. The molecule has 0 bridgehead atoms. The van der Waals surface area contributed by atoms with Crippen LogP contribution in [0, 0.1) is 0 Å². The van der Waals surface area contributed by atoms with Crippen LogP contribution in [-0.4, -0.2) is 17.3 Å². The lowest BCUT2D eigenvalue weighted by Gasteiger charge is -1.93. The summed E-state index contributed by atoms with van der Waals surface area (Å²) >= 11 is 0. The highest BCUT2D eigenvalue weighted by Crippen LogP contribution is 2.13. The Hall–Kier alpha value is -0.310. The topological polar surface area (TPSA) is 37.3 Å². The minimum atomic E-state index is -5.08. The summed E-state index contributed by atoms with van der Waals surface area (Å²) in [6.07, 6.45) is -5.08. The van der Waals surface area contributed by atoms with Gasteiger partial charge in [-0.2, -0.15) is 23.1 Å². The van der Waals surface area contributed by atoms with E-state index in [2.05, 4.69) is 0 Å². The fourth-order valence-corrected chi connectivity index (χ4v) is 0. The molecule has 0 amide bonds. The van der Waals surface area contributed by atoms with Crippen LogP contribution in [0.1, 0.15) is 0 Å².